The highest BCUT2D eigenvalue weighted by Crippen LogP contribution is 2.40. The van der Waals surface area contributed by atoms with E-state index >= 15 is 0 Å². The molecule has 1 aliphatic heterocycles. The van der Waals surface area contributed by atoms with Gasteiger partial charge in [-0.05, 0) is 43.4 Å². The summed E-state index contributed by atoms with van der Waals surface area (Å²) in [4.78, 5) is 11.8. The molecule has 1 unspecified atom stereocenters. The molecule has 1 heterocycles. The van der Waals surface area contributed by atoms with Gasteiger partial charge < -0.3 is 14.6 Å². The summed E-state index contributed by atoms with van der Waals surface area (Å²) >= 11 is 0. The third-order valence-corrected chi connectivity index (χ3v) is 4.94. The largest absolute Gasteiger partial charge is 0.488 e. The Balaban J connectivity index is 1.73. The summed E-state index contributed by atoms with van der Waals surface area (Å²) < 4.78 is 11.3. The van der Waals surface area contributed by atoms with Crippen LogP contribution in [-0.2, 0) is 14.9 Å². The third-order valence-electron chi connectivity index (χ3n) is 4.94. The Morgan fingerprint density at radius 1 is 1.14 bits per heavy atom. The van der Waals surface area contributed by atoms with Gasteiger partial charge in [0, 0.05) is 6.61 Å². The Hall–Kier alpha value is -1.55. The lowest BCUT2D eigenvalue weighted by molar-refractivity contribution is -0.145. The van der Waals surface area contributed by atoms with Crippen LogP contribution in [0.2, 0.25) is 0 Å². The van der Waals surface area contributed by atoms with Crippen LogP contribution in [0.15, 0.2) is 24.3 Å². The minimum Gasteiger partial charge on any atom is -0.488 e. The van der Waals surface area contributed by atoms with Crippen LogP contribution in [0.4, 0.5) is 0 Å². The molecule has 1 aliphatic carbocycles. The zero-order chi connectivity index (χ0) is 15.4. The summed E-state index contributed by atoms with van der Waals surface area (Å²) in [6.07, 6.45) is 6.75. The number of carboxylic acids is 1. The van der Waals surface area contributed by atoms with Gasteiger partial charge in [-0.25, -0.2) is 0 Å². The number of carbonyl (C=O) groups is 1. The molecule has 3 rings (SSSR count). The topological polar surface area (TPSA) is 55.8 Å². The second kappa shape index (κ2) is 6.69. The van der Waals surface area contributed by atoms with Crippen LogP contribution in [0.5, 0.6) is 5.75 Å². The van der Waals surface area contributed by atoms with Gasteiger partial charge in [0.2, 0.25) is 0 Å². The van der Waals surface area contributed by atoms with Gasteiger partial charge in [-0.1, -0.05) is 31.4 Å². The molecule has 22 heavy (non-hydrogen) atoms. The number of aliphatic carboxylic acids is 1. The molecule has 1 N–H and O–H groups in total. The maximum absolute atomic E-state index is 11.8. The number of rotatable bonds is 4. The first-order valence-electron chi connectivity index (χ1n) is 8.29. The summed E-state index contributed by atoms with van der Waals surface area (Å²) in [5.41, 5.74) is 0.206. The molecule has 1 saturated heterocycles. The molecule has 1 saturated carbocycles. The normalized spacial score (nSPS) is 24.6. The van der Waals surface area contributed by atoms with Gasteiger partial charge in [0.05, 0.1) is 12.0 Å². The molecular weight excluding hydrogens is 280 g/mol. The van der Waals surface area contributed by atoms with Gasteiger partial charge in [-0.2, -0.15) is 0 Å². The van der Waals surface area contributed by atoms with E-state index in [4.69, 9.17) is 9.47 Å². The minimum absolute atomic E-state index is 0.114. The monoisotopic (exact) mass is 304 g/mol. The fourth-order valence-corrected chi connectivity index (χ4v) is 3.63. The Bertz CT molecular complexity index is 496. The molecule has 0 amide bonds. The summed E-state index contributed by atoms with van der Waals surface area (Å²) in [5.74, 6) is 0.108. The molecule has 4 nitrogen and oxygen atoms in total. The SMILES string of the molecule is O=C(O)C1(c2ccc(OC3CCCOC3)cc2)CCCCC1. The number of benzene rings is 1. The highest BCUT2D eigenvalue weighted by Gasteiger charge is 2.41. The maximum atomic E-state index is 11.8. The maximum Gasteiger partial charge on any atom is 0.314 e. The van der Waals surface area contributed by atoms with E-state index < -0.39 is 11.4 Å². The Kier molecular flexibility index (Phi) is 4.67. The molecule has 4 heteroatoms. The van der Waals surface area contributed by atoms with E-state index in [0.717, 1.165) is 62.9 Å². The second-order valence-electron chi connectivity index (χ2n) is 6.43. The first-order valence-corrected chi connectivity index (χ1v) is 8.29. The van der Waals surface area contributed by atoms with Crippen LogP contribution < -0.4 is 4.74 Å². The molecule has 1 atom stereocenters. The molecule has 1 aromatic rings. The number of ether oxygens (including phenoxy) is 2. The van der Waals surface area contributed by atoms with Crippen molar-refractivity contribution < 1.29 is 19.4 Å². The lowest BCUT2D eigenvalue weighted by Crippen LogP contribution is -2.37. The first-order chi connectivity index (χ1) is 10.7. The van der Waals surface area contributed by atoms with E-state index in [1.54, 1.807) is 0 Å². The van der Waals surface area contributed by atoms with E-state index in [1.807, 2.05) is 24.3 Å². The van der Waals surface area contributed by atoms with Crippen LogP contribution in [0.25, 0.3) is 0 Å². The summed E-state index contributed by atoms with van der Waals surface area (Å²) in [6.45, 7) is 1.46. The highest BCUT2D eigenvalue weighted by molar-refractivity contribution is 5.81. The van der Waals surface area contributed by atoms with Crippen LogP contribution in [0, 0.1) is 0 Å². The fourth-order valence-electron chi connectivity index (χ4n) is 3.63. The van der Waals surface area contributed by atoms with Gasteiger partial charge in [0.1, 0.15) is 11.9 Å². The van der Waals surface area contributed by atoms with E-state index in [2.05, 4.69) is 0 Å². The van der Waals surface area contributed by atoms with Crippen molar-refractivity contribution in [2.24, 2.45) is 0 Å². The third kappa shape index (κ3) is 3.12. The molecule has 0 radical (unpaired) electrons. The van der Waals surface area contributed by atoms with Crippen molar-refractivity contribution >= 4 is 5.97 Å². The van der Waals surface area contributed by atoms with Crippen LogP contribution >= 0.6 is 0 Å². The number of hydrogen-bond donors (Lipinski definition) is 1. The van der Waals surface area contributed by atoms with Crippen LogP contribution in [-0.4, -0.2) is 30.4 Å². The summed E-state index contributed by atoms with van der Waals surface area (Å²) in [7, 11) is 0. The predicted octanol–water partition coefficient (Wildman–Crippen LogP) is 3.53. The molecule has 2 aliphatic rings. The average Bonchev–Trinajstić information content (AvgIpc) is 2.57. The second-order valence-corrected chi connectivity index (χ2v) is 6.43. The van der Waals surface area contributed by atoms with Gasteiger partial charge in [0.15, 0.2) is 0 Å². The highest BCUT2D eigenvalue weighted by atomic mass is 16.5. The fraction of sp³-hybridized carbons (Fsp3) is 0.611. The van der Waals surface area contributed by atoms with E-state index in [-0.39, 0.29) is 6.10 Å². The zero-order valence-corrected chi connectivity index (χ0v) is 12.9. The van der Waals surface area contributed by atoms with Crippen LogP contribution in [0.3, 0.4) is 0 Å². The van der Waals surface area contributed by atoms with E-state index in [0.29, 0.717) is 6.61 Å². The summed E-state index contributed by atoms with van der Waals surface area (Å²) in [5, 5.41) is 9.72. The van der Waals surface area contributed by atoms with Crippen molar-refractivity contribution in [1.82, 2.24) is 0 Å². The van der Waals surface area contributed by atoms with Crippen molar-refractivity contribution in [3.63, 3.8) is 0 Å². The molecule has 0 spiro atoms. The predicted molar refractivity (Wildman–Crippen MR) is 83.3 cm³/mol. The Morgan fingerprint density at radius 3 is 2.45 bits per heavy atom. The standard InChI is InChI=1S/C18H24O4/c19-17(20)18(10-2-1-3-11-18)14-6-8-15(9-7-14)22-16-5-4-12-21-13-16/h6-9,16H,1-5,10-13H2,(H,19,20). The lowest BCUT2D eigenvalue weighted by Gasteiger charge is -2.33. The number of carboxylic acid groups (broad SMARTS) is 1. The Labute approximate surface area is 131 Å². The average molecular weight is 304 g/mol. The van der Waals surface area contributed by atoms with Gasteiger partial charge in [-0.15, -0.1) is 0 Å². The minimum atomic E-state index is -0.704. The van der Waals surface area contributed by atoms with Crippen molar-refractivity contribution in [3.05, 3.63) is 29.8 Å². The lowest BCUT2D eigenvalue weighted by atomic mass is 9.69. The molecular formula is C18H24O4. The van der Waals surface area contributed by atoms with Gasteiger partial charge in [0.25, 0.3) is 0 Å². The summed E-state index contributed by atoms with van der Waals surface area (Å²) in [6, 6.07) is 7.67. The zero-order valence-electron chi connectivity index (χ0n) is 12.9. The van der Waals surface area contributed by atoms with Crippen molar-refractivity contribution in [3.8, 4) is 5.75 Å². The van der Waals surface area contributed by atoms with Gasteiger partial charge >= 0.3 is 5.97 Å². The number of hydrogen-bond acceptors (Lipinski definition) is 3. The quantitative estimate of drug-likeness (QED) is 0.924. The molecule has 2 fully saturated rings. The van der Waals surface area contributed by atoms with Crippen molar-refractivity contribution in [2.45, 2.75) is 56.5 Å². The van der Waals surface area contributed by atoms with Crippen LogP contribution in [0.1, 0.15) is 50.5 Å². The smallest absolute Gasteiger partial charge is 0.314 e. The van der Waals surface area contributed by atoms with Crippen molar-refractivity contribution in [2.75, 3.05) is 13.2 Å². The van der Waals surface area contributed by atoms with Crippen molar-refractivity contribution in [1.29, 1.82) is 0 Å². The molecule has 120 valence electrons. The molecule has 0 bridgehead atoms. The van der Waals surface area contributed by atoms with Gasteiger partial charge in [-0.3, -0.25) is 4.79 Å². The molecule has 1 aromatic carbocycles. The van der Waals surface area contributed by atoms with E-state index in [1.165, 1.54) is 0 Å². The van der Waals surface area contributed by atoms with E-state index in [9.17, 15) is 9.90 Å². The first kappa shape index (κ1) is 15.3. The Morgan fingerprint density at radius 2 is 1.86 bits per heavy atom. The molecule has 0 aromatic heterocycles.